The molecule has 7 nitrogen and oxygen atoms in total. The number of aromatic nitrogens is 1. The number of hydrogen-bond donors (Lipinski definition) is 2. The SMILES string of the molecule is CN(C)c1ccc(NC(=O)N2CCC(C(=O)O)C2)nc1. The topological polar surface area (TPSA) is 85.8 Å². The smallest absolute Gasteiger partial charge is 0.323 e. The minimum Gasteiger partial charge on any atom is -0.481 e. The highest BCUT2D eigenvalue weighted by Gasteiger charge is 2.30. The van der Waals surface area contributed by atoms with Crippen molar-refractivity contribution in [1.29, 1.82) is 0 Å². The van der Waals surface area contributed by atoms with E-state index in [1.165, 1.54) is 4.90 Å². The van der Waals surface area contributed by atoms with Gasteiger partial charge in [-0.05, 0) is 18.6 Å². The molecular formula is C13H18N4O3. The van der Waals surface area contributed by atoms with E-state index in [-0.39, 0.29) is 12.6 Å². The minimum absolute atomic E-state index is 0.247. The number of nitrogens with zero attached hydrogens (tertiary/aromatic N) is 3. The summed E-state index contributed by atoms with van der Waals surface area (Å²) < 4.78 is 0. The molecule has 2 N–H and O–H groups in total. The molecule has 108 valence electrons. The second-order valence-electron chi connectivity index (χ2n) is 5.00. The number of carboxylic acid groups (broad SMARTS) is 1. The summed E-state index contributed by atoms with van der Waals surface area (Å²) in [5.41, 5.74) is 0.940. The largest absolute Gasteiger partial charge is 0.481 e. The maximum atomic E-state index is 12.0. The Balaban J connectivity index is 1.93. The molecule has 1 aromatic heterocycles. The molecule has 0 aromatic carbocycles. The van der Waals surface area contributed by atoms with Crippen LogP contribution < -0.4 is 10.2 Å². The van der Waals surface area contributed by atoms with Gasteiger partial charge in [-0.15, -0.1) is 0 Å². The first-order valence-corrected chi connectivity index (χ1v) is 6.39. The van der Waals surface area contributed by atoms with Crippen LogP contribution in [0.1, 0.15) is 6.42 Å². The molecule has 1 fully saturated rings. The normalized spacial score (nSPS) is 17.9. The van der Waals surface area contributed by atoms with Crippen molar-refractivity contribution in [3.05, 3.63) is 18.3 Å². The van der Waals surface area contributed by atoms with Crippen LogP contribution in [0.3, 0.4) is 0 Å². The van der Waals surface area contributed by atoms with E-state index >= 15 is 0 Å². The van der Waals surface area contributed by atoms with Crippen LogP contribution >= 0.6 is 0 Å². The molecular weight excluding hydrogens is 260 g/mol. The van der Waals surface area contributed by atoms with Gasteiger partial charge in [0.15, 0.2) is 0 Å². The fraction of sp³-hybridized carbons (Fsp3) is 0.462. The monoisotopic (exact) mass is 278 g/mol. The highest BCUT2D eigenvalue weighted by Crippen LogP contribution is 2.18. The molecule has 1 atom stereocenters. The molecule has 1 aromatic rings. The molecule has 1 aliphatic rings. The number of urea groups is 1. The summed E-state index contributed by atoms with van der Waals surface area (Å²) in [7, 11) is 3.82. The fourth-order valence-electron chi connectivity index (χ4n) is 2.06. The Bertz CT molecular complexity index is 501. The first kappa shape index (κ1) is 14.1. The van der Waals surface area contributed by atoms with E-state index in [4.69, 9.17) is 5.11 Å². The van der Waals surface area contributed by atoms with Crippen molar-refractivity contribution in [2.75, 3.05) is 37.4 Å². The Labute approximate surface area is 117 Å². The molecule has 0 radical (unpaired) electrons. The van der Waals surface area contributed by atoms with Gasteiger partial charge in [0, 0.05) is 27.2 Å². The average molecular weight is 278 g/mol. The van der Waals surface area contributed by atoms with Crippen molar-refractivity contribution in [1.82, 2.24) is 9.88 Å². The molecule has 1 unspecified atom stereocenters. The molecule has 0 aliphatic carbocycles. The van der Waals surface area contributed by atoms with E-state index in [9.17, 15) is 9.59 Å². The number of carbonyl (C=O) groups is 2. The number of pyridine rings is 1. The van der Waals surface area contributed by atoms with E-state index in [1.54, 1.807) is 12.3 Å². The third kappa shape index (κ3) is 3.17. The quantitative estimate of drug-likeness (QED) is 0.864. The van der Waals surface area contributed by atoms with Crippen LogP contribution in [0.15, 0.2) is 18.3 Å². The van der Waals surface area contributed by atoms with E-state index in [0.29, 0.717) is 18.8 Å². The first-order chi connectivity index (χ1) is 9.47. The van der Waals surface area contributed by atoms with Gasteiger partial charge in [0.05, 0.1) is 17.8 Å². The lowest BCUT2D eigenvalue weighted by Crippen LogP contribution is -2.34. The van der Waals surface area contributed by atoms with Crippen LogP contribution in [0.25, 0.3) is 0 Å². The fourth-order valence-corrected chi connectivity index (χ4v) is 2.06. The Morgan fingerprint density at radius 3 is 2.70 bits per heavy atom. The van der Waals surface area contributed by atoms with Crippen molar-refractivity contribution in [3.63, 3.8) is 0 Å². The molecule has 20 heavy (non-hydrogen) atoms. The lowest BCUT2D eigenvalue weighted by molar-refractivity contribution is -0.141. The number of hydrogen-bond acceptors (Lipinski definition) is 4. The number of carboxylic acids is 1. The molecule has 1 saturated heterocycles. The van der Waals surface area contributed by atoms with E-state index in [1.807, 2.05) is 25.1 Å². The number of rotatable bonds is 3. The van der Waals surface area contributed by atoms with Gasteiger partial charge in [0.2, 0.25) is 0 Å². The maximum absolute atomic E-state index is 12.0. The van der Waals surface area contributed by atoms with Crippen molar-refractivity contribution in [3.8, 4) is 0 Å². The third-order valence-electron chi connectivity index (χ3n) is 3.32. The summed E-state index contributed by atoms with van der Waals surface area (Å²) in [5.74, 6) is -0.863. The summed E-state index contributed by atoms with van der Waals surface area (Å²) in [4.78, 5) is 30.4. The summed E-state index contributed by atoms with van der Waals surface area (Å²) in [6.07, 6.45) is 2.16. The number of amides is 2. The van der Waals surface area contributed by atoms with Gasteiger partial charge in [-0.2, -0.15) is 0 Å². The van der Waals surface area contributed by atoms with Gasteiger partial charge in [0.1, 0.15) is 5.82 Å². The first-order valence-electron chi connectivity index (χ1n) is 6.39. The van der Waals surface area contributed by atoms with Gasteiger partial charge >= 0.3 is 12.0 Å². The van der Waals surface area contributed by atoms with Crippen molar-refractivity contribution >= 4 is 23.5 Å². The molecule has 2 rings (SSSR count). The zero-order valence-electron chi connectivity index (χ0n) is 11.5. The number of aliphatic carboxylic acids is 1. The van der Waals surface area contributed by atoms with Crippen molar-refractivity contribution < 1.29 is 14.7 Å². The van der Waals surface area contributed by atoms with E-state index in [0.717, 1.165) is 5.69 Å². The highest BCUT2D eigenvalue weighted by atomic mass is 16.4. The standard InChI is InChI=1S/C13H18N4O3/c1-16(2)10-3-4-11(14-7-10)15-13(20)17-6-5-9(8-17)12(18)19/h3-4,7,9H,5-6,8H2,1-2H3,(H,18,19)(H,14,15,20). The Morgan fingerprint density at radius 1 is 1.45 bits per heavy atom. The van der Waals surface area contributed by atoms with Gasteiger partial charge in [-0.1, -0.05) is 0 Å². The lowest BCUT2D eigenvalue weighted by atomic mass is 10.1. The van der Waals surface area contributed by atoms with Crippen LogP contribution in [-0.2, 0) is 4.79 Å². The molecule has 0 saturated carbocycles. The van der Waals surface area contributed by atoms with Crippen LogP contribution in [-0.4, -0.2) is 54.2 Å². The summed E-state index contributed by atoms with van der Waals surface area (Å²) in [6.45, 7) is 0.704. The molecule has 0 spiro atoms. The average Bonchev–Trinajstić information content (AvgIpc) is 2.89. The van der Waals surface area contributed by atoms with Gasteiger partial charge in [-0.3, -0.25) is 10.1 Å². The molecule has 0 bridgehead atoms. The van der Waals surface area contributed by atoms with E-state index < -0.39 is 11.9 Å². The summed E-state index contributed by atoms with van der Waals surface area (Å²) in [6, 6.07) is 3.27. The van der Waals surface area contributed by atoms with Crippen LogP contribution in [0, 0.1) is 5.92 Å². The second-order valence-corrected chi connectivity index (χ2v) is 5.00. The summed E-state index contributed by atoms with van der Waals surface area (Å²) >= 11 is 0. The van der Waals surface area contributed by atoms with Gasteiger partial charge < -0.3 is 14.9 Å². The molecule has 1 aliphatic heterocycles. The van der Waals surface area contributed by atoms with Crippen LogP contribution in [0.4, 0.5) is 16.3 Å². The predicted molar refractivity (Wildman–Crippen MR) is 74.9 cm³/mol. The van der Waals surface area contributed by atoms with Gasteiger partial charge in [-0.25, -0.2) is 9.78 Å². The van der Waals surface area contributed by atoms with Crippen LogP contribution in [0.5, 0.6) is 0 Å². The van der Waals surface area contributed by atoms with Gasteiger partial charge in [0.25, 0.3) is 0 Å². The third-order valence-corrected chi connectivity index (χ3v) is 3.32. The molecule has 2 heterocycles. The maximum Gasteiger partial charge on any atom is 0.323 e. The number of likely N-dealkylation sites (tertiary alicyclic amines) is 1. The lowest BCUT2D eigenvalue weighted by Gasteiger charge is -2.17. The number of nitrogens with one attached hydrogen (secondary N) is 1. The molecule has 2 amide bonds. The van der Waals surface area contributed by atoms with Crippen LogP contribution in [0.2, 0.25) is 0 Å². The van der Waals surface area contributed by atoms with E-state index in [2.05, 4.69) is 10.3 Å². The Morgan fingerprint density at radius 2 is 2.20 bits per heavy atom. The Kier molecular flexibility index (Phi) is 4.07. The second kappa shape index (κ2) is 5.77. The zero-order valence-corrected chi connectivity index (χ0v) is 11.5. The number of anilines is 2. The summed E-state index contributed by atoms with van der Waals surface area (Å²) in [5, 5.41) is 11.6. The Hall–Kier alpha value is -2.31. The highest BCUT2D eigenvalue weighted by molar-refractivity contribution is 5.89. The zero-order chi connectivity index (χ0) is 14.7. The van der Waals surface area contributed by atoms with Crippen molar-refractivity contribution in [2.24, 2.45) is 5.92 Å². The molecule has 7 heteroatoms. The number of carbonyl (C=O) groups excluding carboxylic acids is 1. The van der Waals surface area contributed by atoms with Crippen molar-refractivity contribution in [2.45, 2.75) is 6.42 Å². The minimum atomic E-state index is -0.853. The predicted octanol–water partition coefficient (Wildman–Crippen LogP) is 1.09.